The lowest BCUT2D eigenvalue weighted by atomic mass is 9.49. The molecule has 4 nitrogen and oxygen atoms in total. The zero-order valence-electron chi connectivity index (χ0n) is 13.8. The summed E-state index contributed by atoms with van der Waals surface area (Å²) >= 11 is 0. The third-order valence-corrected chi connectivity index (χ3v) is 6.26. The number of rotatable bonds is 4. The van der Waals surface area contributed by atoms with Gasteiger partial charge in [-0.15, -0.1) is 0 Å². The number of hydrogen-bond acceptors (Lipinski definition) is 2. The van der Waals surface area contributed by atoms with Crippen LogP contribution in [-0.4, -0.2) is 27.8 Å². The van der Waals surface area contributed by atoms with Crippen molar-refractivity contribution in [2.45, 2.75) is 58.4 Å². The molecule has 22 heavy (non-hydrogen) atoms. The van der Waals surface area contributed by atoms with Gasteiger partial charge in [0.25, 0.3) is 0 Å². The molecular weight excluding hydrogens is 274 g/mol. The van der Waals surface area contributed by atoms with Crippen LogP contribution in [0.15, 0.2) is 6.20 Å². The third-order valence-electron chi connectivity index (χ3n) is 6.26. The Morgan fingerprint density at radius 3 is 2.36 bits per heavy atom. The maximum atomic E-state index is 12.7. The van der Waals surface area contributed by atoms with Crippen molar-refractivity contribution in [1.29, 1.82) is 0 Å². The molecule has 4 saturated carbocycles. The van der Waals surface area contributed by atoms with E-state index in [4.69, 9.17) is 0 Å². The number of carbonyl (C=O) groups excluding carboxylic acids is 1. The molecule has 120 valence electrons. The summed E-state index contributed by atoms with van der Waals surface area (Å²) in [6.07, 6.45) is 10.8. The summed E-state index contributed by atoms with van der Waals surface area (Å²) in [4.78, 5) is 22.1. The molecule has 1 aromatic heterocycles. The van der Waals surface area contributed by atoms with Gasteiger partial charge in [-0.2, -0.15) is 0 Å². The summed E-state index contributed by atoms with van der Waals surface area (Å²) < 4.78 is 0. The molecule has 1 N–H and O–H groups in total. The number of amides is 1. The second kappa shape index (κ2) is 5.10. The van der Waals surface area contributed by atoms with Crippen molar-refractivity contribution in [2.75, 3.05) is 7.05 Å². The van der Waals surface area contributed by atoms with E-state index < -0.39 is 0 Å². The highest BCUT2D eigenvalue weighted by Crippen LogP contribution is 2.61. The van der Waals surface area contributed by atoms with E-state index in [9.17, 15) is 4.79 Å². The van der Waals surface area contributed by atoms with Crippen LogP contribution in [0.5, 0.6) is 0 Å². The summed E-state index contributed by atoms with van der Waals surface area (Å²) in [6, 6.07) is 0. The number of nitrogens with one attached hydrogen (secondary N) is 1. The Morgan fingerprint density at radius 1 is 1.27 bits per heavy atom. The molecule has 4 heteroatoms. The molecule has 0 saturated heterocycles. The molecule has 4 aliphatic carbocycles. The SMILES string of the molecule is Cc1cnc(CN(C)C(=O)CC23CC4CC(CC(C4)C2)C3)[nH]1. The largest absolute Gasteiger partial charge is 0.345 e. The minimum atomic E-state index is 0.302. The van der Waals surface area contributed by atoms with Crippen molar-refractivity contribution in [2.24, 2.45) is 23.2 Å². The first-order chi connectivity index (χ1) is 10.5. The lowest BCUT2D eigenvalue weighted by Crippen LogP contribution is -2.48. The molecule has 1 amide bonds. The first-order valence-corrected chi connectivity index (χ1v) is 8.76. The molecular formula is C18H27N3O. The minimum absolute atomic E-state index is 0.302. The van der Waals surface area contributed by atoms with Gasteiger partial charge in [0.1, 0.15) is 5.82 Å². The Morgan fingerprint density at radius 2 is 1.86 bits per heavy atom. The van der Waals surface area contributed by atoms with Crippen LogP contribution in [0.4, 0.5) is 0 Å². The van der Waals surface area contributed by atoms with Crippen LogP contribution in [0.1, 0.15) is 56.5 Å². The minimum Gasteiger partial charge on any atom is -0.345 e. The molecule has 0 aromatic carbocycles. The van der Waals surface area contributed by atoms with Crippen molar-refractivity contribution in [3.63, 3.8) is 0 Å². The number of H-pyrrole nitrogens is 1. The molecule has 1 heterocycles. The van der Waals surface area contributed by atoms with Crippen LogP contribution >= 0.6 is 0 Å². The molecule has 1 aromatic rings. The molecule has 0 spiro atoms. The third kappa shape index (κ3) is 2.57. The van der Waals surface area contributed by atoms with Gasteiger partial charge >= 0.3 is 0 Å². The van der Waals surface area contributed by atoms with E-state index in [1.807, 2.05) is 25.1 Å². The summed E-state index contributed by atoms with van der Waals surface area (Å²) in [5.41, 5.74) is 1.39. The maximum Gasteiger partial charge on any atom is 0.223 e. The van der Waals surface area contributed by atoms with Gasteiger partial charge in [-0.3, -0.25) is 4.79 Å². The zero-order valence-corrected chi connectivity index (χ0v) is 13.8. The molecule has 4 bridgehead atoms. The van der Waals surface area contributed by atoms with Crippen LogP contribution in [0, 0.1) is 30.1 Å². The highest BCUT2D eigenvalue weighted by Gasteiger charge is 2.51. The molecule has 0 atom stereocenters. The summed E-state index contributed by atoms with van der Waals surface area (Å²) in [5, 5.41) is 0. The Hall–Kier alpha value is -1.32. The van der Waals surface area contributed by atoms with E-state index in [1.165, 1.54) is 38.5 Å². The maximum absolute atomic E-state index is 12.7. The van der Waals surface area contributed by atoms with Gasteiger partial charge in [-0.1, -0.05) is 0 Å². The fourth-order valence-electron chi connectivity index (χ4n) is 5.82. The van der Waals surface area contributed by atoms with Crippen LogP contribution in [-0.2, 0) is 11.3 Å². The number of carbonyl (C=O) groups is 1. The predicted molar refractivity (Wildman–Crippen MR) is 85.0 cm³/mol. The quantitative estimate of drug-likeness (QED) is 0.927. The van der Waals surface area contributed by atoms with Crippen molar-refractivity contribution in [1.82, 2.24) is 14.9 Å². The molecule has 5 rings (SSSR count). The van der Waals surface area contributed by atoms with E-state index in [1.54, 1.807) is 0 Å². The monoisotopic (exact) mass is 301 g/mol. The van der Waals surface area contributed by atoms with Gasteiger partial charge < -0.3 is 9.88 Å². The second-order valence-electron chi connectivity index (χ2n) is 8.36. The van der Waals surface area contributed by atoms with Crippen molar-refractivity contribution in [3.8, 4) is 0 Å². The van der Waals surface area contributed by atoms with E-state index in [0.29, 0.717) is 17.9 Å². The van der Waals surface area contributed by atoms with E-state index in [0.717, 1.165) is 35.7 Å². The number of hydrogen-bond donors (Lipinski definition) is 1. The van der Waals surface area contributed by atoms with Gasteiger partial charge in [0.15, 0.2) is 0 Å². The first kappa shape index (κ1) is 14.3. The number of aromatic nitrogens is 2. The van der Waals surface area contributed by atoms with E-state index >= 15 is 0 Å². The van der Waals surface area contributed by atoms with E-state index in [2.05, 4.69) is 9.97 Å². The lowest BCUT2D eigenvalue weighted by molar-refractivity contribution is -0.138. The number of aryl methyl sites for hydroxylation is 1. The standard InChI is InChI=1S/C18H27N3O/c1-12-10-19-16(20-12)11-21(2)17(22)9-18-6-13-3-14(7-18)5-15(4-13)8-18/h10,13-15H,3-9,11H2,1-2H3,(H,19,20). The highest BCUT2D eigenvalue weighted by atomic mass is 16.2. The zero-order chi connectivity index (χ0) is 15.3. The van der Waals surface area contributed by atoms with Gasteiger partial charge in [-0.05, 0) is 68.6 Å². The first-order valence-electron chi connectivity index (χ1n) is 8.76. The Balaban J connectivity index is 1.41. The second-order valence-corrected chi connectivity index (χ2v) is 8.36. The van der Waals surface area contributed by atoms with Gasteiger partial charge in [-0.25, -0.2) is 4.98 Å². The Labute approximate surface area is 132 Å². The van der Waals surface area contributed by atoms with Gasteiger partial charge in [0, 0.05) is 25.4 Å². The number of imidazole rings is 1. The average Bonchev–Trinajstić information content (AvgIpc) is 2.81. The van der Waals surface area contributed by atoms with E-state index in [-0.39, 0.29) is 0 Å². The molecule has 0 aliphatic heterocycles. The van der Waals surface area contributed by atoms with Crippen molar-refractivity contribution >= 4 is 5.91 Å². The van der Waals surface area contributed by atoms with Crippen molar-refractivity contribution < 1.29 is 4.79 Å². The Kier molecular flexibility index (Phi) is 3.31. The lowest BCUT2D eigenvalue weighted by Gasteiger charge is -2.56. The number of aromatic amines is 1. The molecule has 0 unspecified atom stereocenters. The normalized spacial score (nSPS) is 35.8. The molecule has 0 radical (unpaired) electrons. The van der Waals surface area contributed by atoms with Crippen molar-refractivity contribution in [3.05, 3.63) is 17.7 Å². The fraction of sp³-hybridized carbons (Fsp3) is 0.778. The summed E-state index contributed by atoms with van der Waals surface area (Å²) in [6.45, 7) is 2.59. The fourth-order valence-corrected chi connectivity index (χ4v) is 5.82. The van der Waals surface area contributed by atoms with Crippen LogP contribution < -0.4 is 0 Å². The van der Waals surface area contributed by atoms with Crippen LogP contribution in [0.3, 0.4) is 0 Å². The topological polar surface area (TPSA) is 49.0 Å². The molecule has 4 aliphatic rings. The average molecular weight is 301 g/mol. The number of nitrogens with zero attached hydrogens (tertiary/aromatic N) is 2. The summed E-state index contributed by atoms with van der Waals surface area (Å²) in [5.74, 6) is 3.93. The molecule has 4 fully saturated rings. The highest BCUT2D eigenvalue weighted by molar-refractivity contribution is 5.76. The van der Waals surface area contributed by atoms with Gasteiger partial charge in [0.05, 0.1) is 6.54 Å². The van der Waals surface area contributed by atoms with Crippen LogP contribution in [0.2, 0.25) is 0 Å². The predicted octanol–water partition coefficient (Wildman–Crippen LogP) is 3.28. The Bertz CT molecular complexity index is 541. The smallest absolute Gasteiger partial charge is 0.223 e. The van der Waals surface area contributed by atoms with Gasteiger partial charge in [0.2, 0.25) is 5.91 Å². The van der Waals surface area contributed by atoms with Crippen LogP contribution in [0.25, 0.3) is 0 Å². The summed E-state index contributed by atoms with van der Waals surface area (Å²) in [7, 11) is 1.92.